The number of piperazine rings is 1. The fourth-order valence-electron chi connectivity index (χ4n) is 3.57. The minimum atomic E-state index is -0.613. The highest BCUT2D eigenvalue weighted by Gasteiger charge is 2.23. The molecular formula is C25H27N5O4. The number of nitrogens with one attached hydrogen (secondary N) is 1. The van der Waals surface area contributed by atoms with Crippen molar-refractivity contribution in [3.8, 4) is 11.6 Å². The SMILES string of the molecule is Cc1nc(Oc2ccccc2)cc(N2CCN(C(=O)CNC(=O)OCc3ccccc3)CC2)n1. The molecule has 9 nitrogen and oxygen atoms in total. The Morgan fingerprint density at radius 1 is 0.941 bits per heavy atom. The van der Waals surface area contributed by atoms with Crippen molar-refractivity contribution >= 4 is 17.8 Å². The molecule has 1 saturated heterocycles. The Balaban J connectivity index is 1.24. The number of anilines is 1. The lowest BCUT2D eigenvalue weighted by atomic mass is 10.2. The lowest BCUT2D eigenvalue weighted by Crippen LogP contribution is -2.51. The van der Waals surface area contributed by atoms with E-state index < -0.39 is 6.09 Å². The molecule has 0 spiro atoms. The van der Waals surface area contributed by atoms with Crippen LogP contribution < -0.4 is 15.0 Å². The standard InChI is InChI=1S/C25H27N5O4/c1-19-27-22(16-23(28-19)34-21-10-6-3-7-11-21)29-12-14-30(15-13-29)24(31)17-26-25(32)33-18-20-8-4-2-5-9-20/h2-11,16H,12-15,17-18H2,1H3,(H,26,32). The highest BCUT2D eigenvalue weighted by Crippen LogP contribution is 2.23. The molecule has 2 aromatic carbocycles. The third-order valence-electron chi connectivity index (χ3n) is 5.32. The zero-order chi connectivity index (χ0) is 23.8. The number of rotatable bonds is 7. The number of carbonyl (C=O) groups is 2. The van der Waals surface area contributed by atoms with Crippen LogP contribution in [0, 0.1) is 6.92 Å². The van der Waals surface area contributed by atoms with Gasteiger partial charge in [0.25, 0.3) is 0 Å². The van der Waals surface area contributed by atoms with Crippen molar-refractivity contribution in [1.29, 1.82) is 0 Å². The van der Waals surface area contributed by atoms with Crippen molar-refractivity contribution < 1.29 is 19.1 Å². The monoisotopic (exact) mass is 461 g/mol. The van der Waals surface area contributed by atoms with E-state index in [4.69, 9.17) is 9.47 Å². The van der Waals surface area contributed by atoms with Gasteiger partial charge in [0, 0.05) is 32.2 Å². The molecule has 9 heteroatoms. The predicted octanol–water partition coefficient (Wildman–Crippen LogP) is 3.15. The first-order valence-corrected chi connectivity index (χ1v) is 11.1. The van der Waals surface area contributed by atoms with E-state index in [1.165, 1.54) is 0 Å². The van der Waals surface area contributed by atoms with Crippen molar-refractivity contribution in [2.75, 3.05) is 37.6 Å². The van der Waals surface area contributed by atoms with Crippen LogP contribution in [0.25, 0.3) is 0 Å². The van der Waals surface area contributed by atoms with Gasteiger partial charge in [-0.1, -0.05) is 48.5 Å². The number of nitrogens with zero attached hydrogens (tertiary/aromatic N) is 4. The van der Waals surface area contributed by atoms with Gasteiger partial charge in [0.05, 0.1) is 0 Å². The Morgan fingerprint density at radius 2 is 1.62 bits per heavy atom. The maximum atomic E-state index is 12.5. The second kappa shape index (κ2) is 11.1. The van der Waals surface area contributed by atoms with Gasteiger partial charge in [-0.15, -0.1) is 0 Å². The summed E-state index contributed by atoms with van der Waals surface area (Å²) in [6.45, 7) is 4.17. The van der Waals surface area contributed by atoms with Crippen LogP contribution in [-0.4, -0.2) is 59.6 Å². The third-order valence-corrected chi connectivity index (χ3v) is 5.32. The van der Waals surface area contributed by atoms with Crippen molar-refractivity contribution in [3.63, 3.8) is 0 Å². The molecule has 0 radical (unpaired) electrons. The van der Waals surface area contributed by atoms with Crippen molar-refractivity contribution in [1.82, 2.24) is 20.2 Å². The van der Waals surface area contributed by atoms with E-state index in [1.807, 2.05) is 73.7 Å². The van der Waals surface area contributed by atoms with Gasteiger partial charge in [-0.3, -0.25) is 4.79 Å². The molecule has 1 aliphatic heterocycles. The van der Waals surface area contributed by atoms with Gasteiger partial charge in [-0.2, -0.15) is 4.98 Å². The second-order valence-electron chi connectivity index (χ2n) is 7.81. The van der Waals surface area contributed by atoms with E-state index in [0.717, 1.165) is 11.4 Å². The molecule has 0 unspecified atom stereocenters. The van der Waals surface area contributed by atoms with Gasteiger partial charge in [0.2, 0.25) is 11.8 Å². The van der Waals surface area contributed by atoms with E-state index in [1.54, 1.807) is 4.90 Å². The van der Waals surface area contributed by atoms with Gasteiger partial charge < -0.3 is 24.6 Å². The normalized spacial score (nSPS) is 13.3. The number of aryl methyl sites for hydroxylation is 1. The van der Waals surface area contributed by atoms with Gasteiger partial charge >= 0.3 is 6.09 Å². The topological polar surface area (TPSA) is 96.9 Å². The van der Waals surface area contributed by atoms with Crippen molar-refractivity contribution in [3.05, 3.63) is 78.1 Å². The van der Waals surface area contributed by atoms with Crippen LogP contribution in [0.1, 0.15) is 11.4 Å². The minimum Gasteiger partial charge on any atom is -0.445 e. The zero-order valence-corrected chi connectivity index (χ0v) is 19.0. The second-order valence-corrected chi connectivity index (χ2v) is 7.81. The number of ether oxygens (including phenoxy) is 2. The summed E-state index contributed by atoms with van der Waals surface area (Å²) in [5.74, 6) is 2.40. The average molecular weight is 462 g/mol. The van der Waals surface area contributed by atoms with Gasteiger partial charge in [-0.25, -0.2) is 9.78 Å². The smallest absolute Gasteiger partial charge is 0.407 e. The van der Waals surface area contributed by atoms with E-state index in [-0.39, 0.29) is 19.1 Å². The molecule has 2 heterocycles. The Hall–Kier alpha value is -4.14. The lowest BCUT2D eigenvalue weighted by Gasteiger charge is -2.35. The Labute approximate surface area is 198 Å². The lowest BCUT2D eigenvalue weighted by molar-refractivity contribution is -0.130. The van der Waals surface area contributed by atoms with E-state index in [9.17, 15) is 9.59 Å². The molecule has 1 aromatic heterocycles. The van der Waals surface area contributed by atoms with Crippen LogP contribution in [0.5, 0.6) is 11.6 Å². The number of hydrogen-bond donors (Lipinski definition) is 1. The Kier molecular flexibility index (Phi) is 7.54. The molecule has 176 valence electrons. The number of benzene rings is 2. The van der Waals surface area contributed by atoms with Gasteiger partial charge in [0.1, 0.15) is 30.5 Å². The molecule has 2 amide bonds. The molecular weight excluding hydrogens is 434 g/mol. The van der Waals surface area contributed by atoms with E-state index in [2.05, 4.69) is 20.2 Å². The molecule has 1 fully saturated rings. The summed E-state index contributed by atoms with van der Waals surface area (Å²) in [7, 11) is 0. The summed E-state index contributed by atoms with van der Waals surface area (Å²) in [5.41, 5.74) is 0.886. The van der Waals surface area contributed by atoms with Crippen LogP contribution >= 0.6 is 0 Å². The molecule has 1 N–H and O–H groups in total. The Bertz CT molecular complexity index is 1100. The summed E-state index contributed by atoms with van der Waals surface area (Å²) in [6.07, 6.45) is -0.613. The first kappa shape index (κ1) is 23.0. The maximum Gasteiger partial charge on any atom is 0.407 e. The quantitative estimate of drug-likeness (QED) is 0.577. The number of alkyl carbamates (subject to hydrolysis) is 1. The minimum absolute atomic E-state index is 0.102. The summed E-state index contributed by atoms with van der Waals surface area (Å²) < 4.78 is 11.0. The molecule has 0 saturated carbocycles. The van der Waals surface area contributed by atoms with Gasteiger partial charge in [-0.05, 0) is 24.6 Å². The summed E-state index contributed by atoms with van der Waals surface area (Å²) in [5, 5.41) is 2.53. The van der Waals surface area contributed by atoms with Crippen LogP contribution in [0.2, 0.25) is 0 Å². The summed E-state index contributed by atoms with van der Waals surface area (Å²) in [4.78, 5) is 37.1. The third kappa shape index (κ3) is 6.44. The maximum absolute atomic E-state index is 12.5. The molecule has 0 atom stereocenters. The number of hydrogen-bond acceptors (Lipinski definition) is 7. The number of amides is 2. The van der Waals surface area contributed by atoms with Gasteiger partial charge in [0.15, 0.2) is 0 Å². The van der Waals surface area contributed by atoms with Crippen molar-refractivity contribution in [2.45, 2.75) is 13.5 Å². The molecule has 3 aromatic rings. The first-order chi connectivity index (χ1) is 16.6. The van der Waals surface area contributed by atoms with Crippen LogP contribution in [-0.2, 0) is 16.1 Å². The summed E-state index contributed by atoms with van der Waals surface area (Å²) in [6, 6.07) is 20.7. The zero-order valence-electron chi connectivity index (χ0n) is 19.0. The molecule has 0 aliphatic carbocycles. The predicted molar refractivity (Wildman–Crippen MR) is 127 cm³/mol. The highest BCUT2D eigenvalue weighted by atomic mass is 16.5. The Morgan fingerprint density at radius 3 is 2.32 bits per heavy atom. The molecule has 1 aliphatic rings. The van der Waals surface area contributed by atoms with Crippen LogP contribution in [0.4, 0.5) is 10.6 Å². The average Bonchev–Trinajstić information content (AvgIpc) is 2.87. The fourth-order valence-corrected chi connectivity index (χ4v) is 3.57. The fraction of sp³-hybridized carbons (Fsp3) is 0.280. The van der Waals surface area contributed by atoms with E-state index in [0.29, 0.717) is 43.6 Å². The van der Waals surface area contributed by atoms with Crippen LogP contribution in [0.3, 0.4) is 0 Å². The largest absolute Gasteiger partial charge is 0.445 e. The number of para-hydroxylation sites is 1. The highest BCUT2D eigenvalue weighted by molar-refractivity contribution is 5.82. The summed E-state index contributed by atoms with van der Waals surface area (Å²) >= 11 is 0. The van der Waals surface area contributed by atoms with Crippen LogP contribution in [0.15, 0.2) is 66.7 Å². The molecule has 34 heavy (non-hydrogen) atoms. The van der Waals surface area contributed by atoms with E-state index >= 15 is 0 Å². The number of aromatic nitrogens is 2. The molecule has 4 rings (SSSR count). The molecule has 0 bridgehead atoms. The number of carbonyl (C=O) groups excluding carboxylic acids is 2. The van der Waals surface area contributed by atoms with Crippen molar-refractivity contribution in [2.24, 2.45) is 0 Å². The first-order valence-electron chi connectivity index (χ1n) is 11.1.